The Morgan fingerprint density at radius 3 is 2.38 bits per heavy atom. The molecule has 0 fully saturated rings. The first-order chi connectivity index (χ1) is 7.41. The van der Waals surface area contributed by atoms with E-state index < -0.39 is 0 Å². The zero-order valence-corrected chi connectivity index (χ0v) is 11.2. The molecule has 0 radical (unpaired) electrons. The van der Waals surface area contributed by atoms with E-state index in [1.165, 1.54) is 17.0 Å². The van der Waals surface area contributed by atoms with Crippen molar-refractivity contribution < 1.29 is 5.11 Å². The zero-order valence-electron chi connectivity index (χ0n) is 11.2. The number of aliphatic hydroxyl groups excluding tert-OH is 1. The summed E-state index contributed by atoms with van der Waals surface area (Å²) in [4.78, 5) is 0. The van der Waals surface area contributed by atoms with Crippen molar-refractivity contribution in [2.24, 2.45) is 5.92 Å². The van der Waals surface area contributed by atoms with Crippen LogP contribution in [0.2, 0.25) is 0 Å². The number of aromatic nitrogens is 1. The fourth-order valence-corrected chi connectivity index (χ4v) is 2.14. The summed E-state index contributed by atoms with van der Waals surface area (Å²) in [5.74, 6) is 0.675. The lowest BCUT2D eigenvalue weighted by Gasteiger charge is -2.12. The minimum atomic E-state index is -0.201. The molecule has 1 rings (SSSR count). The van der Waals surface area contributed by atoms with Crippen molar-refractivity contribution in [3.63, 3.8) is 0 Å². The number of hydrogen-bond acceptors (Lipinski definition) is 1. The van der Waals surface area contributed by atoms with Gasteiger partial charge in [-0.05, 0) is 51.2 Å². The van der Waals surface area contributed by atoms with Gasteiger partial charge in [-0.15, -0.1) is 0 Å². The van der Waals surface area contributed by atoms with Gasteiger partial charge in [-0.2, -0.15) is 0 Å². The maximum Gasteiger partial charge on any atom is 0.0515 e. The monoisotopic (exact) mass is 223 g/mol. The van der Waals surface area contributed by atoms with Crippen LogP contribution in [0.1, 0.15) is 44.1 Å². The Balaban J connectivity index is 2.80. The van der Waals surface area contributed by atoms with Crippen molar-refractivity contribution in [3.05, 3.63) is 23.0 Å². The number of rotatable bonds is 5. The van der Waals surface area contributed by atoms with Crippen LogP contribution in [0.5, 0.6) is 0 Å². The standard InChI is InChI=1S/C14H25NO/c1-10(2)9-15-11(3)8-14(13(15)5)7-6-12(4)16/h8,10,12,16H,6-7,9H2,1-5H3/t12-/m0/s1. The topological polar surface area (TPSA) is 25.2 Å². The van der Waals surface area contributed by atoms with E-state index >= 15 is 0 Å². The number of nitrogens with zero attached hydrogens (tertiary/aromatic N) is 1. The molecule has 1 atom stereocenters. The third-order valence-electron chi connectivity index (χ3n) is 3.06. The molecule has 2 nitrogen and oxygen atoms in total. The Kier molecular flexibility index (Phi) is 4.60. The normalized spacial score (nSPS) is 13.4. The van der Waals surface area contributed by atoms with Crippen molar-refractivity contribution in [1.29, 1.82) is 0 Å². The Labute approximate surface area is 99.3 Å². The summed E-state index contributed by atoms with van der Waals surface area (Å²) in [6, 6.07) is 2.26. The van der Waals surface area contributed by atoms with Gasteiger partial charge in [0.25, 0.3) is 0 Å². The second-order valence-electron chi connectivity index (χ2n) is 5.29. The number of hydrogen-bond donors (Lipinski definition) is 1. The largest absolute Gasteiger partial charge is 0.393 e. The van der Waals surface area contributed by atoms with Gasteiger partial charge in [-0.25, -0.2) is 0 Å². The van der Waals surface area contributed by atoms with Crippen LogP contribution in [0.25, 0.3) is 0 Å². The van der Waals surface area contributed by atoms with Gasteiger partial charge in [0, 0.05) is 17.9 Å². The molecule has 0 bridgehead atoms. The first kappa shape index (κ1) is 13.3. The van der Waals surface area contributed by atoms with E-state index in [-0.39, 0.29) is 6.10 Å². The lowest BCUT2D eigenvalue weighted by molar-refractivity contribution is 0.185. The van der Waals surface area contributed by atoms with Crippen LogP contribution in [0.15, 0.2) is 6.07 Å². The predicted octanol–water partition coefficient (Wildman–Crippen LogP) is 3.07. The van der Waals surface area contributed by atoms with Crippen LogP contribution in [0.4, 0.5) is 0 Å². The molecule has 0 amide bonds. The molecule has 1 aromatic heterocycles. The molecule has 2 heteroatoms. The molecule has 0 saturated carbocycles. The fraction of sp³-hybridized carbons (Fsp3) is 0.714. The SMILES string of the molecule is Cc1cc(CC[C@H](C)O)c(C)n1CC(C)C. The fourth-order valence-electron chi connectivity index (χ4n) is 2.14. The van der Waals surface area contributed by atoms with E-state index in [4.69, 9.17) is 0 Å². The van der Waals surface area contributed by atoms with Gasteiger partial charge in [0.05, 0.1) is 6.10 Å². The summed E-state index contributed by atoms with van der Waals surface area (Å²) in [5, 5.41) is 9.32. The molecular weight excluding hydrogens is 198 g/mol. The van der Waals surface area contributed by atoms with Gasteiger partial charge in [0.2, 0.25) is 0 Å². The highest BCUT2D eigenvalue weighted by atomic mass is 16.3. The highest BCUT2D eigenvalue weighted by Gasteiger charge is 2.10. The maximum atomic E-state index is 9.32. The first-order valence-electron chi connectivity index (χ1n) is 6.25. The van der Waals surface area contributed by atoms with E-state index in [0.29, 0.717) is 5.92 Å². The van der Waals surface area contributed by atoms with Gasteiger partial charge in [0.1, 0.15) is 0 Å². The lowest BCUT2D eigenvalue weighted by atomic mass is 10.1. The Hall–Kier alpha value is -0.760. The van der Waals surface area contributed by atoms with E-state index in [2.05, 4.69) is 38.3 Å². The Morgan fingerprint density at radius 1 is 1.25 bits per heavy atom. The lowest BCUT2D eigenvalue weighted by Crippen LogP contribution is -2.08. The molecule has 1 aromatic rings. The summed E-state index contributed by atoms with van der Waals surface area (Å²) >= 11 is 0. The Bertz CT molecular complexity index is 337. The molecule has 0 aromatic carbocycles. The molecular formula is C14H25NO. The van der Waals surface area contributed by atoms with Crippen molar-refractivity contribution in [1.82, 2.24) is 4.57 Å². The smallest absolute Gasteiger partial charge is 0.0515 e. The second-order valence-corrected chi connectivity index (χ2v) is 5.29. The molecule has 0 aliphatic carbocycles. The summed E-state index contributed by atoms with van der Waals surface area (Å²) in [5.41, 5.74) is 4.10. The molecule has 0 aliphatic rings. The minimum absolute atomic E-state index is 0.201. The second kappa shape index (κ2) is 5.53. The maximum absolute atomic E-state index is 9.32. The summed E-state index contributed by atoms with van der Waals surface area (Å²) in [6.45, 7) is 11.8. The molecule has 0 unspecified atom stereocenters. The van der Waals surface area contributed by atoms with Crippen LogP contribution < -0.4 is 0 Å². The molecule has 1 heterocycles. The summed E-state index contributed by atoms with van der Waals surface area (Å²) in [6.07, 6.45) is 1.63. The zero-order chi connectivity index (χ0) is 12.3. The van der Waals surface area contributed by atoms with Crippen LogP contribution in [-0.4, -0.2) is 15.8 Å². The summed E-state index contributed by atoms with van der Waals surface area (Å²) < 4.78 is 2.39. The van der Waals surface area contributed by atoms with Gasteiger partial charge in [-0.1, -0.05) is 13.8 Å². The van der Waals surface area contributed by atoms with Gasteiger partial charge in [-0.3, -0.25) is 0 Å². The minimum Gasteiger partial charge on any atom is -0.393 e. The first-order valence-corrected chi connectivity index (χ1v) is 6.25. The number of aliphatic hydroxyl groups is 1. The molecule has 0 aliphatic heterocycles. The molecule has 92 valence electrons. The molecule has 1 N–H and O–H groups in total. The van der Waals surface area contributed by atoms with Crippen LogP contribution >= 0.6 is 0 Å². The van der Waals surface area contributed by atoms with Crippen molar-refractivity contribution in [2.45, 2.75) is 60.1 Å². The molecule has 0 spiro atoms. The highest BCUT2D eigenvalue weighted by Crippen LogP contribution is 2.18. The Morgan fingerprint density at radius 2 is 1.88 bits per heavy atom. The molecule has 16 heavy (non-hydrogen) atoms. The predicted molar refractivity (Wildman–Crippen MR) is 68.7 cm³/mol. The van der Waals surface area contributed by atoms with E-state index in [0.717, 1.165) is 19.4 Å². The van der Waals surface area contributed by atoms with Crippen molar-refractivity contribution in [3.8, 4) is 0 Å². The van der Waals surface area contributed by atoms with Crippen LogP contribution in [0, 0.1) is 19.8 Å². The third-order valence-corrected chi connectivity index (χ3v) is 3.06. The third kappa shape index (κ3) is 3.38. The van der Waals surface area contributed by atoms with Crippen molar-refractivity contribution in [2.75, 3.05) is 0 Å². The quantitative estimate of drug-likeness (QED) is 0.815. The van der Waals surface area contributed by atoms with Gasteiger partial charge in [0.15, 0.2) is 0 Å². The van der Waals surface area contributed by atoms with Crippen LogP contribution in [-0.2, 0) is 13.0 Å². The average molecular weight is 223 g/mol. The van der Waals surface area contributed by atoms with Crippen molar-refractivity contribution >= 4 is 0 Å². The summed E-state index contributed by atoms with van der Waals surface area (Å²) in [7, 11) is 0. The number of aryl methyl sites for hydroxylation is 2. The van der Waals surface area contributed by atoms with Gasteiger partial charge >= 0.3 is 0 Å². The van der Waals surface area contributed by atoms with E-state index in [1.807, 2.05) is 6.92 Å². The van der Waals surface area contributed by atoms with E-state index in [9.17, 15) is 5.11 Å². The van der Waals surface area contributed by atoms with Gasteiger partial charge < -0.3 is 9.67 Å². The van der Waals surface area contributed by atoms with E-state index in [1.54, 1.807) is 0 Å². The molecule has 0 saturated heterocycles. The van der Waals surface area contributed by atoms with Crippen LogP contribution in [0.3, 0.4) is 0 Å². The highest BCUT2D eigenvalue weighted by molar-refractivity contribution is 5.26. The average Bonchev–Trinajstić information content (AvgIpc) is 2.42.